The number of amides is 1. The molecule has 33 heavy (non-hydrogen) atoms. The quantitative estimate of drug-likeness (QED) is 0.187. The van der Waals surface area contributed by atoms with Crippen molar-refractivity contribution in [2.24, 2.45) is 5.10 Å². The molecule has 7 nitrogen and oxygen atoms in total. The van der Waals surface area contributed by atoms with Crippen LogP contribution in [0.4, 0.5) is 0 Å². The maximum absolute atomic E-state index is 12.5. The summed E-state index contributed by atoms with van der Waals surface area (Å²) >= 11 is 0. The summed E-state index contributed by atoms with van der Waals surface area (Å²) in [4.78, 5) is 12.5. The number of fused-ring (bicyclic) bond motifs is 1. The van der Waals surface area contributed by atoms with Crippen molar-refractivity contribution in [3.05, 3.63) is 78.0 Å². The molecule has 3 aromatic carbocycles. The molecule has 0 atom stereocenters. The number of nitrogens with zero attached hydrogens (tertiary/aromatic N) is 2. The van der Waals surface area contributed by atoms with Crippen LogP contribution >= 0.6 is 0 Å². The summed E-state index contributed by atoms with van der Waals surface area (Å²) in [6.07, 6.45) is 4.79. The SMILES string of the molecule is CCCCCOc1ccc(-c2cc(C(=O)N/N=C\c3c(O)ccc4ccccc34)[nH]n2)cc1. The number of unbranched alkanes of at least 4 members (excludes halogenated alkanes) is 2. The molecule has 1 heterocycles. The Hall–Kier alpha value is -4.13. The molecule has 3 N–H and O–H groups in total. The molecule has 168 valence electrons. The molecular formula is C26H26N4O3. The van der Waals surface area contributed by atoms with Gasteiger partial charge < -0.3 is 9.84 Å². The van der Waals surface area contributed by atoms with Crippen LogP contribution in [-0.2, 0) is 0 Å². The van der Waals surface area contributed by atoms with Gasteiger partial charge in [-0.05, 0) is 53.6 Å². The predicted molar refractivity (Wildman–Crippen MR) is 130 cm³/mol. The van der Waals surface area contributed by atoms with Gasteiger partial charge in [0.15, 0.2) is 0 Å². The smallest absolute Gasteiger partial charge is 0.289 e. The van der Waals surface area contributed by atoms with Crippen LogP contribution in [-0.4, -0.2) is 34.0 Å². The number of carbonyl (C=O) groups is 1. The van der Waals surface area contributed by atoms with E-state index in [4.69, 9.17) is 4.74 Å². The number of benzene rings is 3. The zero-order valence-electron chi connectivity index (χ0n) is 18.4. The Morgan fingerprint density at radius 1 is 1.12 bits per heavy atom. The topological polar surface area (TPSA) is 99.6 Å². The summed E-state index contributed by atoms with van der Waals surface area (Å²) < 4.78 is 5.73. The van der Waals surface area contributed by atoms with Gasteiger partial charge in [0.05, 0.1) is 18.5 Å². The number of H-pyrrole nitrogens is 1. The minimum Gasteiger partial charge on any atom is -0.507 e. The lowest BCUT2D eigenvalue weighted by molar-refractivity contribution is 0.0950. The number of rotatable bonds is 9. The van der Waals surface area contributed by atoms with Crippen molar-refractivity contribution in [3.63, 3.8) is 0 Å². The summed E-state index contributed by atoms with van der Waals surface area (Å²) in [6.45, 7) is 2.87. The van der Waals surface area contributed by atoms with Crippen molar-refractivity contribution in [1.82, 2.24) is 15.6 Å². The molecule has 7 heteroatoms. The molecular weight excluding hydrogens is 416 g/mol. The maximum Gasteiger partial charge on any atom is 0.289 e. The highest BCUT2D eigenvalue weighted by molar-refractivity contribution is 6.03. The van der Waals surface area contributed by atoms with Crippen LogP contribution in [0.5, 0.6) is 11.5 Å². The third-order valence-electron chi connectivity index (χ3n) is 5.30. The molecule has 0 unspecified atom stereocenters. The predicted octanol–water partition coefficient (Wildman–Crippen LogP) is 5.27. The number of phenolic OH excluding ortho intramolecular Hbond substituents is 1. The number of aromatic nitrogens is 2. The summed E-state index contributed by atoms with van der Waals surface area (Å²) in [5.41, 5.74) is 4.81. The molecule has 4 rings (SSSR count). The number of hydrazone groups is 1. The zero-order chi connectivity index (χ0) is 23.0. The summed E-state index contributed by atoms with van der Waals surface area (Å²) in [7, 11) is 0. The molecule has 4 aromatic rings. The van der Waals surface area contributed by atoms with E-state index >= 15 is 0 Å². The molecule has 0 radical (unpaired) electrons. The van der Waals surface area contributed by atoms with Crippen molar-refractivity contribution < 1.29 is 14.6 Å². The first-order chi connectivity index (χ1) is 16.2. The van der Waals surface area contributed by atoms with E-state index in [1.807, 2.05) is 54.6 Å². The fourth-order valence-corrected chi connectivity index (χ4v) is 3.49. The number of phenols is 1. The fraction of sp³-hybridized carbons (Fsp3) is 0.192. The van der Waals surface area contributed by atoms with Crippen molar-refractivity contribution in [2.45, 2.75) is 26.2 Å². The van der Waals surface area contributed by atoms with Gasteiger partial charge in [0.25, 0.3) is 5.91 Å². The lowest BCUT2D eigenvalue weighted by atomic mass is 10.0. The number of hydrogen-bond acceptors (Lipinski definition) is 5. The van der Waals surface area contributed by atoms with Gasteiger partial charge in [-0.2, -0.15) is 10.2 Å². The Kier molecular flexibility index (Phi) is 6.99. The second-order valence-corrected chi connectivity index (χ2v) is 7.67. The van der Waals surface area contributed by atoms with Gasteiger partial charge in [0, 0.05) is 11.1 Å². The van der Waals surface area contributed by atoms with Crippen LogP contribution in [0.15, 0.2) is 71.8 Å². The minimum atomic E-state index is -0.430. The van der Waals surface area contributed by atoms with Crippen molar-refractivity contribution in [1.29, 1.82) is 0 Å². The Labute approximate surface area is 192 Å². The Morgan fingerprint density at radius 2 is 1.94 bits per heavy atom. The lowest BCUT2D eigenvalue weighted by Gasteiger charge is -2.06. The van der Waals surface area contributed by atoms with E-state index < -0.39 is 5.91 Å². The highest BCUT2D eigenvalue weighted by Crippen LogP contribution is 2.25. The van der Waals surface area contributed by atoms with Gasteiger partial charge in [0.2, 0.25) is 0 Å². The molecule has 0 bridgehead atoms. The van der Waals surface area contributed by atoms with Crippen LogP contribution in [0.1, 0.15) is 42.2 Å². The Bertz CT molecular complexity index is 1260. The first-order valence-corrected chi connectivity index (χ1v) is 11.0. The van der Waals surface area contributed by atoms with Crippen molar-refractivity contribution >= 4 is 22.9 Å². The zero-order valence-corrected chi connectivity index (χ0v) is 18.4. The van der Waals surface area contributed by atoms with Gasteiger partial charge in [-0.1, -0.05) is 50.1 Å². The van der Waals surface area contributed by atoms with Crippen LogP contribution in [0.25, 0.3) is 22.0 Å². The van der Waals surface area contributed by atoms with Crippen LogP contribution in [0, 0.1) is 0 Å². The maximum atomic E-state index is 12.5. The van der Waals surface area contributed by atoms with Gasteiger partial charge >= 0.3 is 0 Å². The van der Waals surface area contributed by atoms with Crippen molar-refractivity contribution in [3.8, 4) is 22.8 Å². The molecule has 0 aliphatic heterocycles. The summed E-state index contributed by atoms with van der Waals surface area (Å²) in [6, 6.07) is 20.4. The molecule has 1 aromatic heterocycles. The van der Waals surface area contributed by atoms with E-state index in [0.717, 1.165) is 41.3 Å². The van der Waals surface area contributed by atoms with Gasteiger partial charge in [0.1, 0.15) is 17.2 Å². The van der Waals surface area contributed by atoms with Crippen LogP contribution in [0.2, 0.25) is 0 Å². The molecule has 0 saturated carbocycles. The van der Waals surface area contributed by atoms with E-state index in [2.05, 4.69) is 27.6 Å². The van der Waals surface area contributed by atoms with Gasteiger partial charge in [-0.3, -0.25) is 9.89 Å². The number of hydrogen-bond donors (Lipinski definition) is 3. The lowest BCUT2D eigenvalue weighted by Crippen LogP contribution is -2.18. The number of nitrogens with one attached hydrogen (secondary N) is 2. The highest BCUT2D eigenvalue weighted by Gasteiger charge is 2.11. The fourth-order valence-electron chi connectivity index (χ4n) is 3.49. The second-order valence-electron chi connectivity index (χ2n) is 7.67. The number of ether oxygens (including phenoxy) is 1. The first kappa shape index (κ1) is 22.1. The standard InChI is InChI=1S/C26H26N4O3/c1-2-3-6-15-33-20-12-9-19(10-13-20)23-16-24(29-28-23)26(32)30-27-17-22-21-8-5-4-7-18(21)11-14-25(22)31/h4-5,7-14,16-17,31H,2-3,6,15H2,1H3,(H,28,29)(H,30,32)/b27-17-. The monoisotopic (exact) mass is 442 g/mol. The summed E-state index contributed by atoms with van der Waals surface area (Å²) in [5.74, 6) is 0.475. The second kappa shape index (κ2) is 10.5. The minimum absolute atomic E-state index is 0.0910. The average molecular weight is 443 g/mol. The van der Waals surface area contributed by atoms with E-state index in [0.29, 0.717) is 17.9 Å². The molecule has 0 fully saturated rings. The molecule has 0 aliphatic carbocycles. The Balaban J connectivity index is 1.39. The third kappa shape index (κ3) is 5.38. The van der Waals surface area contributed by atoms with E-state index in [9.17, 15) is 9.90 Å². The third-order valence-corrected chi connectivity index (χ3v) is 5.30. The number of aromatic hydroxyl groups is 1. The van der Waals surface area contributed by atoms with Gasteiger partial charge in [-0.15, -0.1) is 0 Å². The van der Waals surface area contributed by atoms with E-state index in [1.165, 1.54) is 6.21 Å². The van der Waals surface area contributed by atoms with Crippen molar-refractivity contribution in [2.75, 3.05) is 6.61 Å². The first-order valence-electron chi connectivity index (χ1n) is 11.0. The summed E-state index contributed by atoms with van der Waals surface area (Å²) in [5, 5.41) is 23.0. The number of aromatic amines is 1. The van der Waals surface area contributed by atoms with Crippen LogP contribution < -0.4 is 10.2 Å². The average Bonchev–Trinajstić information content (AvgIpc) is 3.34. The largest absolute Gasteiger partial charge is 0.507 e. The highest BCUT2D eigenvalue weighted by atomic mass is 16.5. The normalized spacial score (nSPS) is 11.2. The van der Waals surface area contributed by atoms with Crippen LogP contribution in [0.3, 0.4) is 0 Å². The van der Waals surface area contributed by atoms with E-state index in [1.54, 1.807) is 12.1 Å². The Morgan fingerprint density at radius 3 is 2.76 bits per heavy atom. The van der Waals surface area contributed by atoms with E-state index in [-0.39, 0.29) is 11.4 Å². The van der Waals surface area contributed by atoms with Gasteiger partial charge in [-0.25, -0.2) is 5.43 Å². The molecule has 0 spiro atoms. The molecule has 0 saturated heterocycles. The molecule has 0 aliphatic rings. The number of carbonyl (C=O) groups excluding carboxylic acids is 1. The molecule has 1 amide bonds.